The van der Waals surface area contributed by atoms with Crippen LogP contribution in [0.15, 0.2) is 23.2 Å². The van der Waals surface area contributed by atoms with Gasteiger partial charge >= 0.3 is 5.82 Å². The monoisotopic (exact) mass is 269 g/mol. The van der Waals surface area contributed by atoms with E-state index in [0.717, 1.165) is 18.3 Å². The van der Waals surface area contributed by atoms with Crippen molar-refractivity contribution in [2.45, 2.75) is 17.7 Å². The fourth-order valence-corrected chi connectivity index (χ4v) is 2.14. The third-order valence-electron chi connectivity index (χ3n) is 2.01. The first-order chi connectivity index (χ1) is 8.47. The quantitative estimate of drug-likeness (QED) is 0.354. The van der Waals surface area contributed by atoms with E-state index in [1.807, 2.05) is 0 Å². The summed E-state index contributed by atoms with van der Waals surface area (Å²) in [6.07, 6.45) is 6.98. The van der Waals surface area contributed by atoms with E-state index in [9.17, 15) is 18.5 Å². The van der Waals surface area contributed by atoms with Crippen molar-refractivity contribution in [1.29, 1.82) is 0 Å². The molecule has 0 radical (unpaired) electrons. The fraction of sp³-hybridized carbons (Fsp3) is 0.300. The van der Waals surface area contributed by atoms with Gasteiger partial charge in [-0.15, -0.1) is 12.3 Å². The van der Waals surface area contributed by atoms with E-state index in [4.69, 9.17) is 6.42 Å². The molecule has 18 heavy (non-hydrogen) atoms. The predicted octanol–water partition coefficient (Wildman–Crippen LogP) is 0.681. The first-order valence-corrected chi connectivity index (χ1v) is 6.49. The lowest BCUT2D eigenvalue weighted by atomic mass is 10.3. The third kappa shape index (κ3) is 3.80. The molecule has 1 rings (SSSR count). The number of pyridine rings is 1. The SMILES string of the molecule is C#CCCCNS(=O)(=O)c1ccc([N+](=O)[O-])nc1. The van der Waals surface area contributed by atoms with Crippen LogP contribution in [0, 0.1) is 22.5 Å². The Morgan fingerprint density at radius 1 is 1.50 bits per heavy atom. The van der Waals surface area contributed by atoms with E-state index >= 15 is 0 Å². The summed E-state index contributed by atoms with van der Waals surface area (Å²) in [6.45, 7) is 0.212. The lowest BCUT2D eigenvalue weighted by Crippen LogP contribution is -2.24. The van der Waals surface area contributed by atoms with Gasteiger partial charge in [-0.2, -0.15) is 0 Å². The number of aromatic nitrogens is 1. The molecule has 0 saturated carbocycles. The molecule has 0 unspecified atom stereocenters. The molecule has 0 saturated heterocycles. The zero-order valence-corrected chi connectivity index (χ0v) is 10.2. The van der Waals surface area contributed by atoms with Crippen LogP contribution in [0.5, 0.6) is 0 Å². The summed E-state index contributed by atoms with van der Waals surface area (Å²) in [5.41, 5.74) is 0. The largest absolute Gasteiger partial charge is 0.363 e. The summed E-state index contributed by atoms with van der Waals surface area (Å²) < 4.78 is 25.7. The van der Waals surface area contributed by atoms with Crippen LogP contribution in [-0.2, 0) is 10.0 Å². The van der Waals surface area contributed by atoms with E-state index in [1.54, 1.807) is 0 Å². The highest BCUT2D eigenvalue weighted by atomic mass is 32.2. The van der Waals surface area contributed by atoms with Gasteiger partial charge in [0.15, 0.2) is 6.20 Å². The molecule has 0 aliphatic heterocycles. The molecule has 1 heterocycles. The van der Waals surface area contributed by atoms with Gasteiger partial charge < -0.3 is 10.1 Å². The molecular weight excluding hydrogens is 258 g/mol. The predicted molar refractivity (Wildman–Crippen MR) is 64.1 cm³/mol. The van der Waals surface area contributed by atoms with Crippen LogP contribution in [0.25, 0.3) is 0 Å². The van der Waals surface area contributed by atoms with Gasteiger partial charge in [-0.1, -0.05) is 0 Å². The summed E-state index contributed by atoms with van der Waals surface area (Å²) >= 11 is 0. The molecule has 0 aromatic carbocycles. The molecular formula is C10H11N3O4S. The minimum Gasteiger partial charge on any atom is -0.358 e. The van der Waals surface area contributed by atoms with E-state index in [-0.39, 0.29) is 11.4 Å². The Morgan fingerprint density at radius 2 is 2.22 bits per heavy atom. The van der Waals surface area contributed by atoms with Crippen molar-refractivity contribution in [2.24, 2.45) is 0 Å². The molecule has 1 aromatic rings. The highest BCUT2D eigenvalue weighted by Gasteiger charge is 2.17. The standard InChI is InChI=1S/C10H11N3O4S/c1-2-3-4-7-12-18(16,17)9-5-6-10(11-8-9)13(14)15/h1,5-6,8,12H,3-4,7H2. The number of terminal acetylenes is 1. The number of unbranched alkanes of at least 4 members (excludes halogenated alkanes) is 1. The molecule has 0 spiro atoms. The van der Waals surface area contributed by atoms with Crippen LogP contribution >= 0.6 is 0 Å². The first kappa shape index (κ1) is 14.1. The Morgan fingerprint density at radius 3 is 2.72 bits per heavy atom. The van der Waals surface area contributed by atoms with Crippen molar-refractivity contribution in [2.75, 3.05) is 6.54 Å². The maximum atomic E-state index is 11.7. The van der Waals surface area contributed by atoms with Crippen LogP contribution in [0.2, 0.25) is 0 Å². The Labute approximate surface area is 104 Å². The van der Waals surface area contributed by atoms with Crippen molar-refractivity contribution in [3.8, 4) is 12.3 Å². The number of hydrogen-bond acceptors (Lipinski definition) is 5. The molecule has 1 aromatic heterocycles. The molecule has 0 aliphatic carbocycles. The second kappa shape index (κ2) is 6.09. The molecule has 96 valence electrons. The van der Waals surface area contributed by atoms with Crippen molar-refractivity contribution in [3.05, 3.63) is 28.4 Å². The molecule has 0 aliphatic rings. The average Bonchev–Trinajstić information content (AvgIpc) is 2.35. The third-order valence-corrected chi connectivity index (χ3v) is 3.45. The highest BCUT2D eigenvalue weighted by molar-refractivity contribution is 7.89. The molecule has 0 bridgehead atoms. The Kier molecular flexibility index (Phi) is 4.76. The highest BCUT2D eigenvalue weighted by Crippen LogP contribution is 2.11. The van der Waals surface area contributed by atoms with Crippen molar-refractivity contribution >= 4 is 15.8 Å². The van der Waals surface area contributed by atoms with Gasteiger partial charge in [-0.05, 0) is 22.4 Å². The lowest BCUT2D eigenvalue weighted by Gasteiger charge is -2.03. The number of nitrogens with one attached hydrogen (secondary N) is 1. The van der Waals surface area contributed by atoms with Gasteiger partial charge in [0, 0.05) is 19.0 Å². The summed E-state index contributed by atoms with van der Waals surface area (Å²) in [7, 11) is -3.69. The number of hydrogen-bond donors (Lipinski definition) is 1. The van der Waals surface area contributed by atoms with E-state index in [1.165, 1.54) is 0 Å². The summed E-state index contributed by atoms with van der Waals surface area (Å²) in [4.78, 5) is 13.0. The zero-order chi connectivity index (χ0) is 13.6. The number of sulfonamides is 1. The van der Waals surface area contributed by atoms with Crippen LogP contribution in [0.1, 0.15) is 12.8 Å². The molecule has 1 N–H and O–H groups in total. The zero-order valence-electron chi connectivity index (χ0n) is 9.37. The Balaban J connectivity index is 2.73. The number of rotatable bonds is 6. The van der Waals surface area contributed by atoms with Crippen molar-refractivity contribution in [1.82, 2.24) is 9.71 Å². The van der Waals surface area contributed by atoms with Crippen LogP contribution < -0.4 is 4.72 Å². The van der Waals surface area contributed by atoms with Crippen LogP contribution in [0.4, 0.5) is 5.82 Å². The second-order valence-electron chi connectivity index (χ2n) is 3.31. The lowest BCUT2D eigenvalue weighted by molar-refractivity contribution is -0.389. The van der Waals surface area contributed by atoms with Crippen molar-refractivity contribution < 1.29 is 13.3 Å². The second-order valence-corrected chi connectivity index (χ2v) is 5.08. The molecule has 8 heteroatoms. The summed E-state index contributed by atoms with van der Waals surface area (Å²) in [6, 6.07) is 2.17. The number of nitrogens with zero attached hydrogens (tertiary/aromatic N) is 2. The smallest absolute Gasteiger partial charge is 0.358 e. The maximum Gasteiger partial charge on any atom is 0.363 e. The van der Waals surface area contributed by atoms with Crippen LogP contribution in [-0.4, -0.2) is 24.9 Å². The summed E-state index contributed by atoms with van der Waals surface area (Å²) in [5.74, 6) is 1.99. The van der Waals surface area contributed by atoms with Gasteiger partial charge in [0.25, 0.3) is 0 Å². The van der Waals surface area contributed by atoms with Gasteiger partial charge in [0.05, 0.1) is 0 Å². The molecule has 0 amide bonds. The van der Waals surface area contributed by atoms with Crippen molar-refractivity contribution in [3.63, 3.8) is 0 Å². The molecule has 0 fully saturated rings. The fourth-order valence-electron chi connectivity index (χ4n) is 1.12. The van der Waals surface area contributed by atoms with Gasteiger partial charge in [0.1, 0.15) is 4.90 Å². The average molecular weight is 269 g/mol. The Bertz CT molecular complexity index is 560. The van der Waals surface area contributed by atoms with E-state index in [0.29, 0.717) is 12.8 Å². The first-order valence-electron chi connectivity index (χ1n) is 5.01. The topological polar surface area (TPSA) is 102 Å². The minimum atomic E-state index is -3.69. The van der Waals surface area contributed by atoms with Gasteiger partial charge in [0.2, 0.25) is 10.0 Å². The van der Waals surface area contributed by atoms with E-state index < -0.39 is 20.8 Å². The normalized spacial score (nSPS) is 10.8. The minimum absolute atomic E-state index is 0.117. The Hall–Kier alpha value is -1.98. The summed E-state index contributed by atoms with van der Waals surface area (Å²) in [5, 5.41) is 10.4. The molecule has 0 atom stereocenters. The molecule has 7 nitrogen and oxygen atoms in total. The van der Waals surface area contributed by atoms with Crippen LogP contribution in [0.3, 0.4) is 0 Å². The maximum absolute atomic E-state index is 11.7. The van der Waals surface area contributed by atoms with Gasteiger partial charge in [-0.25, -0.2) is 13.1 Å². The van der Waals surface area contributed by atoms with E-state index in [2.05, 4.69) is 15.6 Å². The van der Waals surface area contributed by atoms with Gasteiger partial charge in [-0.3, -0.25) is 0 Å². The number of nitro groups is 1.